The topological polar surface area (TPSA) is 4.93 Å². The largest absolute Gasteiger partial charge is 0.347 e. The molecule has 0 fully saturated rings. The van der Waals surface area contributed by atoms with E-state index < -0.39 is 0 Å². The predicted molar refractivity (Wildman–Crippen MR) is 69.9 cm³/mol. The molecule has 2 aromatic heterocycles. The molecule has 0 N–H and O–H groups in total. The molecule has 0 radical (unpaired) electrons. The highest BCUT2D eigenvalue weighted by molar-refractivity contribution is 7.09. The van der Waals surface area contributed by atoms with Crippen molar-refractivity contribution in [2.24, 2.45) is 0 Å². The molecule has 0 atom stereocenters. The SMILES string of the molecule is Fc1cccc2c1ccn2CCc1cccs1. The summed E-state index contributed by atoms with van der Waals surface area (Å²) < 4.78 is 15.6. The van der Waals surface area contributed by atoms with Crippen LogP contribution in [0.2, 0.25) is 0 Å². The number of halogens is 1. The Balaban J connectivity index is 1.88. The Bertz CT molecular complexity index is 625. The van der Waals surface area contributed by atoms with Crippen LogP contribution in [0.5, 0.6) is 0 Å². The Morgan fingerprint density at radius 3 is 2.88 bits per heavy atom. The monoisotopic (exact) mass is 245 g/mol. The van der Waals surface area contributed by atoms with Gasteiger partial charge in [-0.25, -0.2) is 4.39 Å². The van der Waals surface area contributed by atoms with Gasteiger partial charge in [0.15, 0.2) is 0 Å². The van der Waals surface area contributed by atoms with Crippen molar-refractivity contribution < 1.29 is 4.39 Å². The van der Waals surface area contributed by atoms with Crippen LogP contribution in [0.25, 0.3) is 10.9 Å². The summed E-state index contributed by atoms with van der Waals surface area (Å²) in [7, 11) is 0. The van der Waals surface area contributed by atoms with Crippen molar-refractivity contribution in [2.75, 3.05) is 0 Å². The number of benzene rings is 1. The minimum atomic E-state index is -0.141. The van der Waals surface area contributed by atoms with Gasteiger partial charge in [0.1, 0.15) is 5.82 Å². The summed E-state index contributed by atoms with van der Waals surface area (Å²) in [6.45, 7) is 0.896. The summed E-state index contributed by atoms with van der Waals surface area (Å²) in [6.07, 6.45) is 2.96. The molecule has 0 saturated carbocycles. The third-order valence-corrected chi connectivity index (χ3v) is 3.88. The van der Waals surface area contributed by atoms with Gasteiger partial charge in [0.05, 0.1) is 5.52 Å². The second-order valence-corrected chi connectivity index (χ2v) is 5.04. The van der Waals surface area contributed by atoms with Crippen molar-refractivity contribution in [3.8, 4) is 0 Å². The fourth-order valence-electron chi connectivity index (χ4n) is 2.07. The van der Waals surface area contributed by atoms with Crippen molar-refractivity contribution >= 4 is 22.2 Å². The van der Waals surface area contributed by atoms with Crippen molar-refractivity contribution in [1.82, 2.24) is 4.57 Å². The number of hydrogen-bond donors (Lipinski definition) is 0. The van der Waals surface area contributed by atoms with Gasteiger partial charge in [-0.2, -0.15) is 0 Å². The first-order valence-corrected chi connectivity index (χ1v) is 6.48. The Labute approximate surface area is 103 Å². The normalized spacial score (nSPS) is 11.1. The maximum atomic E-state index is 13.5. The van der Waals surface area contributed by atoms with E-state index in [1.165, 1.54) is 10.9 Å². The Kier molecular flexibility index (Phi) is 2.69. The van der Waals surface area contributed by atoms with Crippen LogP contribution in [0, 0.1) is 5.82 Å². The minimum Gasteiger partial charge on any atom is -0.347 e. The molecule has 3 aromatic rings. The standard InChI is InChI=1S/C14H12FNS/c15-13-4-1-5-14-12(13)7-9-16(14)8-6-11-3-2-10-17-11/h1-5,7,9-10H,6,8H2. The van der Waals surface area contributed by atoms with Gasteiger partial charge in [0.2, 0.25) is 0 Å². The first-order chi connectivity index (χ1) is 8.34. The highest BCUT2D eigenvalue weighted by Crippen LogP contribution is 2.20. The fourth-order valence-corrected chi connectivity index (χ4v) is 2.76. The smallest absolute Gasteiger partial charge is 0.132 e. The van der Waals surface area contributed by atoms with E-state index in [0.717, 1.165) is 18.5 Å². The molecule has 17 heavy (non-hydrogen) atoms. The zero-order chi connectivity index (χ0) is 11.7. The van der Waals surface area contributed by atoms with E-state index in [-0.39, 0.29) is 5.82 Å². The highest BCUT2D eigenvalue weighted by Gasteiger charge is 2.05. The predicted octanol–water partition coefficient (Wildman–Crippen LogP) is 4.08. The molecule has 86 valence electrons. The molecule has 3 heteroatoms. The van der Waals surface area contributed by atoms with Gasteiger partial charge in [0, 0.05) is 23.0 Å². The van der Waals surface area contributed by atoms with Crippen LogP contribution in [0.1, 0.15) is 4.88 Å². The van der Waals surface area contributed by atoms with Crippen LogP contribution >= 0.6 is 11.3 Å². The van der Waals surface area contributed by atoms with Crippen LogP contribution < -0.4 is 0 Å². The molecule has 1 aromatic carbocycles. The van der Waals surface area contributed by atoms with Crippen molar-refractivity contribution in [3.05, 3.63) is 58.7 Å². The molecular weight excluding hydrogens is 233 g/mol. The molecule has 1 nitrogen and oxygen atoms in total. The highest BCUT2D eigenvalue weighted by atomic mass is 32.1. The number of aromatic nitrogens is 1. The molecule has 0 aliphatic carbocycles. The van der Waals surface area contributed by atoms with Crippen molar-refractivity contribution in [2.45, 2.75) is 13.0 Å². The number of nitrogens with zero attached hydrogens (tertiary/aromatic N) is 1. The second kappa shape index (κ2) is 4.34. The van der Waals surface area contributed by atoms with Crippen molar-refractivity contribution in [1.29, 1.82) is 0 Å². The summed E-state index contributed by atoms with van der Waals surface area (Å²) in [5.74, 6) is -0.141. The van der Waals surface area contributed by atoms with Gasteiger partial charge in [-0.1, -0.05) is 12.1 Å². The molecule has 0 spiro atoms. The van der Waals surface area contributed by atoms with Crippen LogP contribution in [0.15, 0.2) is 48.0 Å². The van der Waals surface area contributed by atoms with Crippen LogP contribution in [-0.4, -0.2) is 4.57 Å². The van der Waals surface area contributed by atoms with Gasteiger partial charge in [-0.05, 0) is 36.1 Å². The lowest BCUT2D eigenvalue weighted by atomic mass is 10.2. The van der Waals surface area contributed by atoms with E-state index in [4.69, 9.17) is 0 Å². The molecule has 0 aliphatic heterocycles. The number of thiophene rings is 1. The van der Waals surface area contributed by atoms with E-state index in [9.17, 15) is 4.39 Å². The summed E-state index contributed by atoms with van der Waals surface area (Å²) >= 11 is 1.77. The van der Waals surface area contributed by atoms with Crippen LogP contribution in [0.3, 0.4) is 0 Å². The van der Waals surface area contributed by atoms with E-state index >= 15 is 0 Å². The van der Waals surface area contributed by atoms with Gasteiger partial charge >= 0.3 is 0 Å². The van der Waals surface area contributed by atoms with E-state index in [0.29, 0.717) is 5.39 Å². The van der Waals surface area contributed by atoms with Gasteiger partial charge in [-0.3, -0.25) is 0 Å². The van der Waals surface area contributed by atoms with Crippen molar-refractivity contribution in [3.63, 3.8) is 0 Å². The van der Waals surface area contributed by atoms with Crippen LogP contribution in [-0.2, 0) is 13.0 Å². The Morgan fingerprint density at radius 2 is 2.06 bits per heavy atom. The quantitative estimate of drug-likeness (QED) is 0.655. The average molecular weight is 245 g/mol. The van der Waals surface area contributed by atoms with Gasteiger partial charge < -0.3 is 4.57 Å². The lowest BCUT2D eigenvalue weighted by Gasteiger charge is -2.04. The first-order valence-electron chi connectivity index (χ1n) is 5.60. The first kappa shape index (κ1) is 10.5. The summed E-state index contributed by atoms with van der Waals surface area (Å²) in [4.78, 5) is 1.36. The number of rotatable bonds is 3. The molecule has 3 rings (SSSR count). The third-order valence-electron chi connectivity index (χ3n) is 2.94. The summed E-state index contributed by atoms with van der Waals surface area (Å²) in [6, 6.07) is 11.3. The lowest BCUT2D eigenvalue weighted by molar-refractivity contribution is 0.639. The average Bonchev–Trinajstić information content (AvgIpc) is 2.95. The van der Waals surface area contributed by atoms with E-state index in [1.807, 2.05) is 18.3 Å². The molecule has 0 aliphatic rings. The maximum Gasteiger partial charge on any atom is 0.132 e. The number of hydrogen-bond acceptors (Lipinski definition) is 1. The van der Waals surface area contributed by atoms with Crippen LogP contribution in [0.4, 0.5) is 4.39 Å². The fraction of sp³-hybridized carbons (Fsp3) is 0.143. The zero-order valence-electron chi connectivity index (χ0n) is 9.27. The minimum absolute atomic E-state index is 0.141. The zero-order valence-corrected chi connectivity index (χ0v) is 10.1. The molecule has 0 unspecified atom stereocenters. The second-order valence-electron chi connectivity index (χ2n) is 4.01. The Hall–Kier alpha value is -1.61. The maximum absolute atomic E-state index is 13.5. The van der Waals surface area contributed by atoms with Gasteiger partial charge in [-0.15, -0.1) is 11.3 Å². The molecular formula is C14H12FNS. The molecule has 2 heterocycles. The molecule has 0 bridgehead atoms. The molecule has 0 saturated heterocycles. The number of aryl methyl sites for hydroxylation is 2. The summed E-state index contributed by atoms with van der Waals surface area (Å²) in [5.41, 5.74) is 0.974. The summed E-state index contributed by atoms with van der Waals surface area (Å²) in [5, 5.41) is 2.79. The number of fused-ring (bicyclic) bond motifs is 1. The third kappa shape index (κ3) is 1.98. The Morgan fingerprint density at radius 1 is 1.12 bits per heavy atom. The molecule has 0 amide bonds. The van der Waals surface area contributed by atoms with Gasteiger partial charge in [0.25, 0.3) is 0 Å². The lowest BCUT2D eigenvalue weighted by Crippen LogP contribution is -1.98. The van der Waals surface area contributed by atoms with E-state index in [2.05, 4.69) is 22.1 Å². The van der Waals surface area contributed by atoms with E-state index in [1.54, 1.807) is 17.4 Å².